The molecule has 0 saturated heterocycles. The lowest BCUT2D eigenvalue weighted by Gasteiger charge is -2.19. The summed E-state index contributed by atoms with van der Waals surface area (Å²) < 4.78 is 5.47. The Balaban J connectivity index is 2.35. The van der Waals surface area contributed by atoms with Crippen LogP contribution in [0, 0.1) is 0 Å². The molecule has 0 bridgehead atoms. The second-order valence-electron chi connectivity index (χ2n) is 3.85. The lowest BCUT2D eigenvalue weighted by molar-refractivity contribution is -0.131. The summed E-state index contributed by atoms with van der Waals surface area (Å²) in [6.45, 7) is 2.57. The average molecular weight is 257 g/mol. The molecule has 1 aromatic carbocycles. The highest BCUT2D eigenvalue weighted by atomic mass is 35.5. The third-order valence-electron chi connectivity index (χ3n) is 2.26. The van der Waals surface area contributed by atoms with Crippen molar-refractivity contribution in [2.24, 2.45) is 5.73 Å². The highest BCUT2D eigenvalue weighted by Crippen LogP contribution is 2.16. The van der Waals surface area contributed by atoms with E-state index < -0.39 is 6.04 Å². The molecular formula is C12H17ClN2O2. The van der Waals surface area contributed by atoms with Crippen LogP contribution in [0.1, 0.15) is 6.92 Å². The van der Waals surface area contributed by atoms with Gasteiger partial charge in [-0.1, -0.05) is 17.7 Å². The van der Waals surface area contributed by atoms with Gasteiger partial charge < -0.3 is 15.4 Å². The molecule has 0 aromatic heterocycles. The number of halogens is 1. The molecule has 1 aromatic rings. The van der Waals surface area contributed by atoms with Gasteiger partial charge in [0.1, 0.15) is 12.4 Å². The minimum absolute atomic E-state index is 0.0975. The van der Waals surface area contributed by atoms with Crippen LogP contribution in [0.25, 0.3) is 0 Å². The van der Waals surface area contributed by atoms with Crippen LogP contribution in [0.4, 0.5) is 0 Å². The van der Waals surface area contributed by atoms with Crippen molar-refractivity contribution in [1.29, 1.82) is 0 Å². The van der Waals surface area contributed by atoms with E-state index in [1.54, 1.807) is 31.0 Å². The first-order valence-corrected chi connectivity index (χ1v) is 5.77. The van der Waals surface area contributed by atoms with E-state index in [-0.39, 0.29) is 5.91 Å². The third kappa shape index (κ3) is 4.63. The molecule has 2 N–H and O–H groups in total. The smallest absolute Gasteiger partial charge is 0.239 e. The summed E-state index contributed by atoms with van der Waals surface area (Å²) in [6.07, 6.45) is 0. The lowest BCUT2D eigenvalue weighted by Crippen LogP contribution is -2.41. The lowest BCUT2D eigenvalue weighted by atomic mass is 10.3. The molecule has 1 rings (SSSR count). The summed E-state index contributed by atoms with van der Waals surface area (Å²) in [7, 11) is 1.70. The topological polar surface area (TPSA) is 55.6 Å². The number of nitrogens with zero attached hydrogens (tertiary/aromatic N) is 1. The molecule has 5 heteroatoms. The number of hydrogen-bond donors (Lipinski definition) is 1. The number of nitrogens with two attached hydrogens (primary N) is 1. The molecular weight excluding hydrogens is 240 g/mol. The third-order valence-corrected chi connectivity index (χ3v) is 2.49. The Bertz CT molecular complexity index is 383. The molecule has 0 unspecified atom stereocenters. The van der Waals surface area contributed by atoms with Crippen molar-refractivity contribution in [1.82, 2.24) is 4.90 Å². The molecule has 0 aliphatic heterocycles. The summed E-state index contributed by atoms with van der Waals surface area (Å²) in [5.41, 5.74) is 5.49. The highest BCUT2D eigenvalue weighted by Gasteiger charge is 2.12. The summed E-state index contributed by atoms with van der Waals surface area (Å²) in [6, 6.07) is 6.66. The summed E-state index contributed by atoms with van der Waals surface area (Å²) >= 11 is 5.82. The van der Waals surface area contributed by atoms with Gasteiger partial charge in [-0.25, -0.2) is 0 Å². The molecule has 0 aliphatic rings. The van der Waals surface area contributed by atoms with E-state index in [1.807, 2.05) is 12.1 Å². The van der Waals surface area contributed by atoms with E-state index in [1.165, 1.54) is 0 Å². The number of hydrogen-bond acceptors (Lipinski definition) is 3. The monoisotopic (exact) mass is 256 g/mol. The van der Waals surface area contributed by atoms with Crippen molar-refractivity contribution >= 4 is 17.5 Å². The van der Waals surface area contributed by atoms with Gasteiger partial charge in [-0.2, -0.15) is 0 Å². The second-order valence-corrected chi connectivity index (χ2v) is 4.29. The Labute approximate surface area is 106 Å². The van der Waals surface area contributed by atoms with Crippen LogP contribution in [0.5, 0.6) is 5.75 Å². The standard InChI is InChI=1S/C12H17ClN2O2/c1-9(14)12(16)15(2)6-7-17-11-5-3-4-10(13)8-11/h3-5,8-9H,6-7,14H2,1-2H3/t9-/m0/s1. The Morgan fingerprint density at radius 2 is 2.29 bits per heavy atom. The molecule has 1 amide bonds. The van der Waals surface area contributed by atoms with Crippen LogP contribution in [0.2, 0.25) is 5.02 Å². The van der Waals surface area contributed by atoms with Gasteiger partial charge in [0.15, 0.2) is 0 Å². The Morgan fingerprint density at radius 1 is 1.59 bits per heavy atom. The zero-order valence-electron chi connectivity index (χ0n) is 10.0. The number of carbonyl (C=O) groups is 1. The minimum atomic E-state index is -0.480. The van der Waals surface area contributed by atoms with Crippen molar-refractivity contribution < 1.29 is 9.53 Å². The molecule has 4 nitrogen and oxygen atoms in total. The summed E-state index contributed by atoms with van der Waals surface area (Å²) in [5, 5.41) is 0.627. The molecule has 0 radical (unpaired) electrons. The van der Waals surface area contributed by atoms with Gasteiger partial charge in [-0.05, 0) is 25.1 Å². The molecule has 0 fully saturated rings. The van der Waals surface area contributed by atoms with Crippen LogP contribution in [0.3, 0.4) is 0 Å². The quantitative estimate of drug-likeness (QED) is 0.869. The Kier molecular flexibility index (Phi) is 5.25. The number of likely N-dealkylation sites (N-methyl/N-ethyl adjacent to an activating group) is 1. The molecule has 1 atom stereocenters. The fourth-order valence-corrected chi connectivity index (χ4v) is 1.50. The van der Waals surface area contributed by atoms with E-state index in [0.717, 1.165) is 0 Å². The number of ether oxygens (including phenoxy) is 1. The van der Waals surface area contributed by atoms with Crippen molar-refractivity contribution in [2.45, 2.75) is 13.0 Å². The van der Waals surface area contributed by atoms with E-state index in [2.05, 4.69) is 0 Å². The van der Waals surface area contributed by atoms with Crippen molar-refractivity contribution in [3.8, 4) is 5.75 Å². The first-order chi connectivity index (χ1) is 8.00. The summed E-state index contributed by atoms with van der Waals surface area (Å²) in [5.74, 6) is 0.596. The van der Waals surface area contributed by atoms with E-state index in [4.69, 9.17) is 22.1 Å². The van der Waals surface area contributed by atoms with Gasteiger partial charge in [-0.15, -0.1) is 0 Å². The first kappa shape index (κ1) is 13.8. The normalized spacial score (nSPS) is 12.0. The van der Waals surface area contributed by atoms with E-state index >= 15 is 0 Å². The van der Waals surface area contributed by atoms with Gasteiger partial charge in [0.25, 0.3) is 0 Å². The van der Waals surface area contributed by atoms with Gasteiger partial charge >= 0.3 is 0 Å². The molecule has 0 saturated carbocycles. The Morgan fingerprint density at radius 3 is 2.88 bits per heavy atom. The molecule has 0 heterocycles. The first-order valence-electron chi connectivity index (χ1n) is 5.39. The van der Waals surface area contributed by atoms with Gasteiger partial charge in [0.05, 0.1) is 12.6 Å². The van der Waals surface area contributed by atoms with Gasteiger partial charge in [0, 0.05) is 12.1 Å². The average Bonchev–Trinajstić information content (AvgIpc) is 2.27. The number of benzene rings is 1. The van der Waals surface area contributed by atoms with E-state index in [0.29, 0.717) is 23.9 Å². The van der Waals surface area contributed by atoms with Gasteiger partial charge in [0.2, 0.25) is 5.91 Å². The zero-order valence-corrected chi connectivity index (χ0v) is 10.8. The Hall–Kier alpha value is -1.26. The zero-order chi connectivity index (χ0) is 12.8. The largest absolute Gasteiger partial charge is 0.492 e. The minimum Gasteiger partial charge on any atom is -0.492 e. The van der Waals surface area contributed by atoms with Crippen molar-refractivity contribution in [3.05, 3.63) is 29.3 Å². The molecule has 0 spiro atoms. The number of rotatable bonds is 5. The maximum Gasteiger partial charge on any atom is 0.239 e. The summed E-state index contributed by atoms with van der Waals surface area (Å²) in [4.78, 5) is 13.0. The maximum atomic E-state index is 11.5. The maximum absolute atomic E-state index is 11.5. The van der Waals surface area contributed by atoms with Crippen molar-refractivity contribution in [2.75, 3.05) is 20.2 Å². The van der Waals surface area contributed by atoms with Crippen LogP contribution in [-0.2, 0) is 4.79 Å². The van der Waals surface area contributed by atoms with Crippen LogP contribution in [0.15, 0.2) is 24.3 Å². The van der Waals surface area contributed by atoms with Crippen LogP contribution < -0.4 is 10.5 Å². The fourth-order valence-electron chi connectivity index (χ4n) is 1.32. The SMILES string of the molecule is C[C@H](N)C(=O)N(C)CCOc1cccc(Cl)c1. The molecule has 0 aliphatic carbocycles. The van der Waals surface area contributed by atoms with Crippen LogP contribution in [-0.4, -0.2) is 37.0 Å². The number of amides is 1. The predicted octanol–water partition coefficient (Wildman–Crippen LogP) is 1.52. The van der Waals surface area contributed by atoms with Crippen molar-refractivity contribution in [3.63, 3.8) is 0 Å². The highest BCUT2D eigenvalue weighted by molar-refractivity contribution is 6.30. The fraction of sp³-hybridized carbons (Fsp3) is 0.417. The number of carbonyl (C=O) groups excluding carboxylic acids is 1. The second kappa shape index (κ2) is 6.47. The predicted molar refractivity (Wildman–Crippen MR) is 68.2 cm³/mol. The van der Waals surface area contributed by atoms with Crippen LogP contribution >= 0.6 is 11.6 Å². The molecule has 94 valence electrons. The molecule has 17 heavy (non-hydrogen) atoms. The van der Waals surface area contributed by atoms with Gasteiger partial charge in [-0.3, -0.25) is 4.79 Å². The van der Waals surface area contributed by atoms with E-state index in [9.17, 15) is 4.79 Å².